The quantitative estimate of drug-likeness (QED) is 0.227. The number of halogens is 1. The van der Waals surface area contributed by atoms with Gasteiger partial charge in [-0.3, -0.25) is 9.48 Å². The number of piperidine rings is 1. The summed E-state index contributed by atoms with van der Waals surface area (Å²) < 4.78 is 22.4. The Kier molecular flexibility index (Phi) is 7.68. The fourth-order valence-electron chi connectivity index (χ4n) is 5.24. The second-order valence-electron chi connectivity index (χ2n) is 11.9. The largest absolute Gasteiger partial charge is 0.338 e. The summed E-state index contributed by atoms with van der Waals surface area (Å²) in [5.74, 6) is 0.421. The molecule has 0 amide bonds. The van der Waals surface area contributed by atoms with E-state index in [9.17, 15) is 4.79 Å². The first-order chi connectivity index (χ1) is 20.2. The highest BCUT2D eigenvalue weighted by Crippen LogP contribution is 2.30. The molecule has 0 unspecified atom stereocenters. The van der Waals surface area contributed by atoms with E-state index in [-0.39, 0.29) is 35.7 Å². The Morgan fingerprint density at radius 3 is 2.67 bits per heavy atom. The van der Waals surface area contributed by atoms with Crippen LogP contribution in [0.4, 0.5) is 4.39 Å². The zero-order valence-corrected chi connectivity index (χ0v) is 24.2. The molecule has 11 heteroatoms. The van der Waals surface area contributed by atoms with Gasteiger partial charge in [0, 0.05) is 36.3 Å². The van der Waals surface area contributed by atoms with Gasteiger partial charge in [-0.15, -0.1) is 0 Å². The Morgan fingerprint density at radius 1 is 1.07 bits per heavy atom. The summed E-state index contributed by atoms with van der Waals surface area (Å²) in [7, 11) is 0. The van der Waals surface area contributed by atoms with Crippen molar-refractivity contribution >= 4 is 16.9 Å². The van der Waals surface area contributed by atoms with E-state index in [2.05, 4.69) is 35.1 Å². The number of rotatable bonds is 9. The number of ketones is 1. The number of hydrogen-bond donors (Lipinski definition) is 1. The van der Waals surface area contributed by atoms with Gasteiger partial charge in [0.1, 0.15) is 11.6 Å². The molecule has 5 aromatic rings. The second kappa shape index (κ2) is 11.6. The molecule has 1 aromatic carbocycles. The van der Waals surface area contributed by atoms with Gasteiger partial charge in [-0.05, 0) is 55.6 Å². The topological polar surface area (TPSA) is 119 Å². The maximum absolute atomic E-state index is 15.2. The van der Waals surface area contributed by atoms with Crippen LogP contribution in [0.25, 0.3) is 33.7 Å². The van der Waals surface area contributed by atoms with E-state index in [0.29, 0.717) is 28.5 Å². The number of aryl methyl sites for hydroxylation is 1. The number of pyridine rings is 1. The van der Waals surface area contributed by atoms with Crippen molar-refractivity contribution < 1.29 is 13.7 Å². The van der Waals surface area contributed by atoms with Crippen LogP contribution >= 0.6 is 0 Å². The molecule has 4 aromatic heterocycles. The number of imidazole rings is 1. The smallest absolute Gasteiger partial charge is 0.238 e. The summed E-state index contributed by atoms with van der Waals surface area (Å²) in [6.07, 6.45) is 9.64. The summed E-state index contributed by atoms with van der Waals surface area (Å²) in [4.78, 5) is 31.8. The van der Waals surface area contributed by atoms with Gasteiger partial charge in [0.2, 0.25) is 17.5 Å². The number of benzene rings is 1. The van der Waals surface area contributed by atoms with Crippen LogP contribution in [0.2, 0.25) is 0 Å². The molecule has 0 saturated carbocycles. The maximum Gasteiger partial charge on any atom is 0.238 e. The minimum absolute atomic E-state index is 0.0266. The normalized spacial score (nSPS) is 14.6. The molecule has 5 heterocycles. The van der Waals surface area contributed by atoms with Crippen molar-refractivity contribution in [2.45, 2.75) is 64.8 Å². The number of hydrogen-bond acceptors (Lipinski definition) is 8. The second-order valence-corrected chi connectivity index (χ2v) is 11.9. The molecule has 1 fully saturated rings. The van der Waals surface area contributed by atoms with Gasteiger partial charge in [0.05, 0.1) is 23.8 Å². The fraction of sp³-hybridized carbons (Fsp3) is 0.419. The molecule has 1 N–H and O–H groups in total. The van der Waals surface area contributed by atoms with Gasteiger partial charge in [-0.2, -0.15) is 10.1 Å². The predicted molar refractivity (Wildman–Crippen MR) is 156 cm³/mol. The molecule has 1 aliphatic rings. The van der Waals surface area contributed by atoms with Gasteiger partial charge in [0.25, 0.3) is 0 Å². The third-order valence-corrected chi connectivity index (χ3v) is 7.70. The van der Waals surface area contributed by atoms with E-state index in [1.165, 1.54) is 25.3 Å². The van der Waals surface area contributed by atoms with Crippen molar-refractivity contribution in [2.24, 2.45) is 0 Å². The average Bonchev–Trinajstić information content (AvgIpc) is 3.75. The van der Waals surface area contributed by atoms with Gasteiger partial charge in [-0.25, -0.2) is 14.4 Å². The highest BCUT2D eigenvalue weighted by molar-refractivity contribution is 5.93. The number of aromatic nitrogens is 7. The van der Waals surface area contributed by atoms with Gasteiger partial charge in [0.15, 0.2) is 5.65 Å². The lowest BCUT2D eigenvalue weighted by atomic mass is 9.97. The Labute approximate surface area is 243 Å². The van der Waals surface area contributed by atoms with E-state index in [1.807, 2.05) is 50.0 Å². The molecule has 6 rings (SSSR count). The van der Waals surface area contributed by atoms with Crippen LogP contribution in [0.3, 0.4) is 0 Å². The third kappa shape index (κ3) is 6.01. The zero-order chi connectivity index (χ0) is 29.3. The van der Waals surface area contributed by atoms with Crippen LogP contribution in [-0.2, 0) is 18.4 Å². The van der Waals surface area contributed by atoms with E-state index in [0.717, 1.165) is 42.8 Å². The molecule has 1 saturated heterocycles. The number of aromatic amines is 1. The standard InChI is InChI=1S/C31H35FN8O2/c1-31(2,3)30-37-28(38-42-30)25(41)10-9-20-7-8-21(17-24(20)32)23-11-12-33-29-26(23)35-27(36-29)22-18-34-40(19-22)16-15-39-13-5-4-6-14-39/h7-8,11-12,17-19H,4-6,9-10,13-16H2,1-3H3,(H,33,35,36). The van der Waals surface area contributed by atoms with Crippen molar-refractivity contribution in [1.82, 2.24) is 39.8 Å². The molecule has 42 heavy (non-hydrogen) atoms. The zero-order valence-electron chi connectivity index (χ0n) is 24.2. The maximum atomic E-state index is 15.2. The summed E-state index contributed by atoms with van der Waals surface area (Å²) in [5, 5.41) is 8.33. The molecule has 0 spiro atoms. The Hall–Kier alpha value is -4.25. The van der Waals surface area contributed by atoms with Crippen molar-refractivity contribution in [1.29, 1.82) is 0 Å². The third-order valence-electron chi connectivity index (χ3n) is 7.70. The van der Waals surface area contributed by atoms with Crippen LogP contribution in [0.15, 0.2) is 47.4 Å². The van der Waals surface area contributed by atoms with Crippen LogP contribution in [-0.4, -0.2) is 65.2 Å². The molecular formula is C31H35FN8O2. The Morgan fingerprint density at radius 2 is 1.90 bits per heavy atom. The monoisotopic (exact) mass is 570 g/mol. The lowest BCUT2D eigenvalue weighted by Gasteiger charge is -2.26. The van der Waals surface area contributed by atoms with E-state index < -0.39 is 0 Å². The number of likely N-dealkylation sites (tertiary alicyclic amines) is 1. The number of nitrogens with zero attached hydrogens (tertiary/aromatic N) is 7. The molecule has 218 valence electrons. The Bertz CT molecular complexity index is 1710. The van der Waals surface area contributed by atoms with Gasteiger partial charge in [-0.1, -0.05) is 44.5 Å². The summed E-state index contributed by atoms with van der Waals surface area (Å²) in [6, 6.07) is 6.89. The number of carbonyl (C=O) groups excluding carboxylic acids is 1. The van der Waals surface area contributed by atoms with E-state index in [4.69, 9.17) is 4.52 Å². The van der Waals surface area contributed by atoms with E-state index >= 15 is 4.39 Å². The highest BCUT2D eigenvalue weighted by atomic mass is 19.1. The van der Waals surface area contributed by atoms with Crippen LogP contribution in [0, 0.1) is 5.82 Å². The lowest BCUT2D eigenvalue weighted by molar-refractivity contribution is 0.0969. The molecule has 10 nitrogen and oxygen atoms in total. The molecule has 0 bridgehead atoms. The van der Waals surface area contributed by atoms with Gasteiger partial charge >= 0.3 is 0 Å². The number of fused-ring (bicyclic) bond motifs is 1. The molecular weight excluding hydrogens is 535 g/mol. The first-order valence-electron chi connectivity index (χ1n) is 14.5. The van der Waals surface area contributed by atoms with Crippen LogP contribution in [0.5, 0.6) is 0 Å². The minimum atomic E-state index is -0.386. The summed E-state index contributed by atoms with van der Waals surface area (Å²) in [5.41, 5.74) is 3.72. The number of Topliss-reactive ketones (excluding diaryl/α,β-unsaturated/α-hetero) is 1. The van der Waals surface area contributed by atoms with Crippen molar-refractivity contribution in [3.8, 4) is 22.5 Å². The van der Waals surface area contributed by atoms with Crippen LogP contribution in [0.1, 0.15) is 68.5 Å². The van der Waals surface area contributed by atoms with Crippen molar-refractivity contribution in [2.75, 3.05) is 19.6 Å². The first-order valence-corrected chi connectivity index (χ1v) is 14.5. The fourth-order valence-corrected chi connectivity index (χ4v) is 5.24. The number of carbonyl (C=O) groups is 1. The first kappa shape index (κ1) is 27.9. The molecule has 1 aliphatic heterocycles. The van der Waals surface area contributed by atoms with Crippen molar-refractivity contribution in [3.05, 3.63) is 66.0 Å². The number of H-pyrrole nitrogens is 1. The lowest BCUT2D eigenvalue weighted by Crippen LogP contribution is -2.32. The molecule has 0 atom stereocenters. The summed E-state index contributed by atoms with van der Waals surface area (Å²) >= 11 is 0. The summed E-state index contributed by atoms with van der Waals surface area (Å²) in [6.45, 7) is 9.91. The number of nitrogens with one attached hydrogen (secondary N) is 1. The molecule has 0 aliphatic carbocycles. The minimum Gasteiger partial charge on any atom is -0.338 e. The molecule has 0 radical (unpaired) electrons. The highest BCUT2D eigenvalue weighted by Gasteiger charge is 2.24. The van der Waals surface area contributed by atoms with E-state index in [1.54, 1.807) is 12.3 Å². The SMILES string of the molecule is CC(C)(C)c1nc(C(=O)CCc2ccc(-c3ccnc4nc(-c5cnn(CCN6CCCCC6)c5)[nH]c34)cc2F)no1. The van der Waals surface area contributed by atoms with Crippen LogP contribution < -0.4 is 0 Å². The van der Waals surface area contributed by atoms with Crippen molar-refractivity contribution in [3.63, 3.8) is 0 Å². The Balaban J connectivity index is 1.15. The van der Waals surface area contributed by atoms with Gasteiger partial charge < -0.3 is 14.4 Å². The predicted octanol–water partition coefficient (Wildman–Crippen LogP) is 5.61. The average molecular weight is 571 g/mol.